The second-order valence-electron chi connectivity index (χ2n) is 1.96. The molecule has 0 atom stereocenters. The van der Waals surface area contributed by atoms with Gasteiger partial charge in [0.1, 0.15) is 5.51 Å². The Morgan fingerprint density at radius 3 is 3.08 bits per heavy atom. The fourth-order valence-electron chi connectivity index (χ4n) is 0.605. The minimum Gasteiger partial charge on any atom is -0.358 e. The van der Waals surface area contributed by atoms with Gasteiger partial charge in [0.15, 0.2) is 0 Å². The van der Waals surface area contributed by atoms with Crippen molar-refractivity contribution in [2.75, 3.05) is 18.4 Å². The lowest BCUT2D eigenvalue weighted by Gasteiger charge is -2.01. The van der Waals surface area contributed by atoms with Crippen molar-refractivity contribution in [1.82, 2.24) is 15.5 Å². The topological polar surface area (TPSA) is 92.9 Å². The number of urea groups is 1. The molecule has 12 heavy (non-hydrogen) atoms. The van der Waals surface area contributed by atoms with Crippen molar-refractivity contribution >= 4 is 22.5 Å². The number of carbonyl (C=O) groups is 1. The quantitative estimate of drug-likeness (QED) is 0.560. The number of primary amides is 1. The molecule has 0 aliphatic carbocycles. The molecule has 1 rings (SSSR count). The van der Waals surface area contributed by atoms with E-state index in [1.165, 1.54) is 11.3 Å². The van der Waals surface area contributed by atoms with Crippen LogP contribution in [0.4, 0.5) is 9.93 Å². The van der Waals surface area contributed by atoms with E-state index in [0.29, 0.717) is 13.1 Å². The molecule has 1 aromatic rings. The fourth-order valence-corrected chi connectivity index (χ4v) is 1.08. The van der Waals surface area contributed by atoms with Gasteiger partial charge >= 0.3 is 6.03 Å². The minimum atomic E-state index is -0.519. The van der Waals surface area contributed by atoms with E-state index in [0.717, 1.165) is 5.13 Å². The fraction of sp³-hybridized carbons (Fsp3) is 0.400. The Morgan fingerprint density at radius 1 is 1.67 bits per heavy atom. The average molecular weight is 187 g/mol. The summed E-state index contributed by atoms with van der Waals surface area (Å²) >= 11 is 1.40. The van der Waals surface area contributed by atoms with Crippen LogP contribution in [0.5, 0.6) is 0 Å². The third-order valence-electron chi connectivity index (χ3n) is 1.06. The Balaban J connectivity index is 2.07. The van der Waals surface area contributed by atoms with Crippen LogP contribution in [0, 0.1) is 0 Å². The third-order valence-corrected chi connectivity index (χ3v) is 1.71. The molecule has 2 amide bonds. The van der Waals surface area contributed by atoms with Crippen molar-refractivity contribution in [2.45, 2.75) is 0 Å². The van der Waals surface area contributed by atoms with E-state index in [1.807, 2.05) is 0 Å². The standard InChI is InChI=1S/C5H9N5OS/c6-4(11)7-1-2-8-5-10-9-3-12-5/h3H,1-2H2,(H,8,10)(H3,6,7,11). The Labute approximate surface area is 73.2 Å². The van der Waals surface area contributed by atoms with Crippen molar-refractivity contribution in [3.63, 3.8) is 0 Å². The lowest BCUT2D eigenvalue weighted by Crippen LogP contribution is -2.33. The highest BCUT2D eigenvalue weighted by Crippen LogP contribution is 2.06. The number of anilines is 1. The van der Waals surface area contributed by atoms with Gasteiger partial charge in [0.2, 0.25) is 5.13 Å². The van der Waals surface area contributed by atoms with Crippen LogP contribution >= 0.6 is 11.3 Å². The summed E-state index contributed by atoms with van der Waals surface area (Å²) in [5, 5.41) is 13.5. The van der Waals surface area contributed by atoms with E-state index in [-0.39, 0.29) is 0 Å². The number of rotatable bonds is 4. The number of hydrogen-bond donors (Lipinski definition) is 3. The van der Waals surface area contributed by atoms with Crippen LogP contribution in [0.2, 0.25) is 0 Å². The first-order chi connectivity index (χ1) is 5.79. The van der Waals surface area contributed by atoms with Crippen LogP contribution in [0.1, 0.15) is 0 Å². The van der Waals surface area contributed by atoms with Crippen LogP contribution in [0.15, 0.2) is 5.51 Å². The van der Waals surface area contributed by atoms with Gasteiger partial charge in [0.05, 0.1) is 0 Å². The van der Waals surface area contributed by atoms with Crippen molar-refractivity contribution in [3.8, 4) is 0 Å². The zero-order valence-corrected chi connectivity index (χ0v) is 7.10. The van der Waals surface area contributed by atoms with Crippen molar-refractivity contribution in [1.29, 1.82) is 0 Å². The number of hydrogen-bond acceptors (Lipinski definition) is 5. The average Bonchev–Trinajstić information content (AvgIpc) is 2.49. The molecule has 4 N–H and O–H groups in total. The molecule has 1 heterocycles. The Morgan fingerprint density at radius 2 is 2.50 bits per heavy atom. The molecule has 0 bridgehead atoms. The molecule has 0 aromatic carbocycles. The highest BCUT2D eigenvalue weighted by atomic mass is 32.1. The van der Waals surface area contributed by atoms with E-state index in [2.05, 4.69) is 20.8 Å². The second-order valence-corrected chi connectivity index (χ2v) is 2.79. The Kier molecular flexibility index (Phi) is 3.27. The molecular formula is C5H9N5OS. The normalized spacial score (nSPS) is 9.33. The van der Waals surface area contributed by atoms with Crippen LogP contribution in [-0.2, 0) is 0 Å². The highest BCUT2D eigenvalue weighted by Gasteiger charge is 1.94. The van der Waals surface area contributed by atoms with Crippen LogP contribution in [0.25, 0.3) is 0 Å². The van der Waals surface area contributed by atoms with Gasteiger partial charge < -0.3 is 16.4 Å². The lowest BCUT2D eigenvalue weighted by atomic mass is 10.6. The van der Waals surface area contributed by atoms with E-state index < -0.39 is 6.03 Å². The van der Waals surface area contributed by atoms with Gasteiger partial charge in [-0.25, -0.2) is 4.79 Å². The number of amides is 2. The maximum absolute atomic E-state index is 10.2. The van der Waals surface area contributed by atoms with Gasteiger partial charge in [-0.1, -0.05) is 11.3 Å². The smallest absolute Gasteiger partial charge is 0.312 e. The first kappa shape index (κ1) is 8.72. The molecule has 66 valence electrons. The maximum atomic E-state index is 10.2. The minimum absolute atomic E-state index is 0.481. The van der Waals surface area contributed by atoms with E-state index in [9.17, 15) is 4.79 Å². The summed E-state index contributed by atoms with van der Waals surface area (Å²) < 4.78 is 0. The second kappa shape index (κ2) is 4.50. The molecule has 0 fully saturated rings. The Hall–Kier alpha value is -1.37. The largest absolute Gasteiger partial charge is 0.358 e. The van der Waals surface area contributed by atoms with Gasteiger partial charge in [-0.3, -0.25) is 0 Å². The van der Waals surface area contributed by atoms with Gasteiger partial charge in [-0.2, -0.15) is 0 Å². The molecule has 7 heteroatoms. The van der Waals surface area contributed by atoms with E-state index in [1.54, 1.807) is 5.51 Å². The molecule has 0 aliphatic heterocycles. The molecule has 0 saturated carbocycles. The molecule has 0 radical (unpaired) electrons. The summed E-state index contributed by atoms with van der Waals surface area (Å²) in [6.45, 7) is 1.08. The molecule has 1 aromatic heterocycles. The van der Waals surface area contributed by atoms with Crippen LogP contribution in [0.3, 0.4) is 0 Å². The maximum Gasteiger partial charge on any atom is 0.312 e. The molecule has 0 saturated heterocycles. The number of carbonyl (C=O) groups excluding carboxylic acids is 1. The number of nitrogens with one attached hydrogen (secondary N) is 2. The molecular weight excluding hydrogens is 178 g/mol. The predicted octanol–water partition coefficient (Wildman–Crippen LogP) is -0.382. The first-order valence-electron chi connectivity index (χ1n) is 3.32. The predicted molar refractivity (Wildman–Crippen MR) is 46.0 cm³/mol. The summed E-state index contributed by atoms with van der Waals surface area (Å²) in [6.07, 6.45) is 0. The van der Waals surface area contributed by atoms with Crippen molar-refractivity contribution in [3.05, 3.63) is 5.51 Å². The van der Waals surface area contributed by atoms with Crippen molar-refractivity contribution in [2.24, 2.45) is 5.73 Å². The van der Waals surface area contributed by atoms with Crippen molar-refractivity contribution < 1.29 is 4.79 Å². The molecule has 6 nitrogen and oxygen atoms in total. The summed E-state index contributed by atoms with van der Waals surface area (Å²) in [7, 11) is 0. The van der Waals surface area contributed by atoms with Gasteiger partial charge in [-0.15, -0.1) is 10.2 Å². The van der Waals surface area contributed by atoms with Crippen LogP contribution < -0.4 is 16.4 Å². The number of nitrogens with zero attached hydrogens (tertiary/aromatic N) is 2. The number of nitrogens with two attached hydrogens (primary N) is 1. The highest BCUT2D eigenvalue weighted by molar-refractivity contribution is 7.13. The monoisotopic (exact) mass is 187 g/mol. The summed E-state index contributed by atoms with van der Waals surface area (Å²) in [5.74, 6) is 0. The Bertz CT molecular complexity index is 236. The number of aromatic nitrogens is 2. The third kappa shape index (κ3) is 3.15. The van der Waals surface area contributed by atoms with Gasteiger partial charge in [0, 0.05) is 13.1 Å². The first-order valence-corrected chi connectivity index (χ1v) is 4.20. The SMILES string of the molecule is NC(=O)NCCNc1nncs1. The summed E-state index contributed by atoms with van der Waals surface area (Å²) in [4.78, 5) is 10.2. The lowest BCUT2D eigenvalue weighted by molar-refractivity contribution is 0.249. The molecule has 0 aliphatic rings. The zero-order valence-electron chi connectivity index (χ0n) is 6.28. The molecule has 0 spiro atoms. The molecule has 0 unspecified atom stereocenters. The summed E-state index contributed by atoms with van der Waals surface area (Å²) in [6, 6.07) is -0.519. The van der Waals surface area contributed by atoms with Gasteiger partial charge in [-0.05, 0) is 0 Å². The summed E-state index contributed by atoms with van der Waals surface area (Å²) in [5.41, 5.74) is 6.48. The van der Waals surface area contributed by atoms with Crippen LogP contribution in [-0.4, -0.2) is 29.3 Å². The zero-order chi connectivity index (χ0) is 8.81. The van der Waals surface area contributed by atoms with Gasteiger partial charge in [0.25, 0.3) is 0 Å². The van der Waals surface area contributed by atoms with E-state index in [4.69, 9.17) is 5.73 Å². The van der Waals surface area contributed by atoms with E-state index >= 15 is 0 Å².